The molecule has 116 valence electrons. The van der Waals surface area contributed by atoms with Crippen molar-refractivity contribution in [1.82, 2.24) is 5.32 Å². The fourth-order valence-electron chi connectivity index (χ4n) is 2.83. The van der Waals surface area contributed by atoms with Gasteiger partial charge in [-0.25, -0.2) is 0 Å². The Hall–Kier alpha value is -0.390. The van der Waals surface area contributed by atoms with Crippen LogP contribution in [0.5, 0.6) is 0 Å². The van der Waals surface area contributed by atoms with Gasteiger partial charge in [-0.1, -0.05) is 45.2 Å². The van der Waals surface area contributed by atoms with E-state index in [9.17, 15) is 9.90 Å². The summed E-state index contributed by atoms with van der Waals surface area (Å²) in [5.74, 6) is 0.574. The Morgan fingerprint density at radius 2 is 1.86 bits per heavy atom. The molecule has 0 aromatic heterocycles. The lowest BCUT2D eigenvalue weighted by Gasteiger charge is -2.35. The smallest absolute Gasteiger partial charge is 0.251 e. The van der Waals surface area contributed by atoms with Gasteiger partial charge in [0.05, 0.1) is 5.60 Å². The summed E-state index contributed by atoms with van der Waals surface area (Å²) in [6.07, 6.45) is 4.81. The van der Waals surface area contributed by atoms with E-state index in [0.29, 0.717) is 12.1 Å². The number of amides is 1. The molecule has 5 heteroatoms. The molecule has 1 aliphatic rings. The molecule has 1 aromatic rings. The van der Waals surface area contributed by atoms with Crippen LogP contribution in [0.25, 0.3) is 0 Å². The molecule has 0 bridgehead atoms. The van der Waals surface area contributed by atoms with Crippen molar-refractivity contribution in [3.63, 3.8) is 0 Å². The van der Waals surface area contributed by atoms with Gasteiger partial charge in [0.2, 0.25) is 0 Å². The molecule has 0 saturated heterocycles. The molecule has 3 nitrogen and oxygen atoms in total. The van der Waals surface area contributed by atoms with Crippen LogP contribution in [0.2, 0.25) is 0 Å². The fraction of sp³-hybridized carbons (Fsp3) is 0.562. The number of rotatable bonds is 4. The zero-order valence-corrected chi connectivity index (χ0v) is 15.3. The Morgan fingerprint density at radius 1 is 1.29 bits per heavy atom. The zero-order valence-electron chi connectivity index (χ0n) is 12.2. The van der Waals surface area contributed by atoms with Crippen LogP contribution in [-0.4, -0.2) is 23.2 Å². The summed E-state index contributed by atoms with van der Waals surface area (Å²) in [5, 5.41) is 13.4. The van der Waals surface area contributed by atoms with Crippen molar-refractivity contribution in [2.45, 2.75) is 44.6 Å². The number of hydrogen-bond donors (Lipinski definition) is 2. The van der Waals surface area contributed by atoms with Gasteiger partial charge < -0.3 is 10.4 Å². The minimum absolute atomic E-state index is 0.150. The van der Waals surface area contributed by atoms with E-state index in [0.717, 1.165) is 40.5 Å². The molecule has 21 heavy (non-hydrogen) atoms. The van der Waals surface area contributed by atoms with Crippen molar-refractivity contribution in [3.8, 4) is 0 Å². The second-order valence-corrected chi connectivity index (χ2v) is 7.75. The first kappa shape index (κ1) is 17.0. The van der Waals surface area contributed by atoms with Crippen LogP contribution in [0.3, 0.4) is 0 Å². The first-order chi connectivity index (χ1) is 9.92. The van der Waals surface area contributed by atoms with Crippen molar-refractivity contribution in [3.05, 3.63) is 32.7 Å². The van der Waals surface area contributed by atoms with Crippen LogP contribution >= 0.6 is 31.9 Å². The predicted molar refractivity (Wildman–Crippen MR) is 91.4 cm³/mol. The zero-order chi connectivity index (χ0) is 15.5. The Labute approximate surface area is 142 Å². The summed E-state index contributed by atoms with van der Waals surface area (Å²) in [6, 6.07) is 5.44. The molecule has 0 radical (unpaired) electrons. The van der Waals surface area contributed by atoms with Gasteiger partial charge >= 0.3 is 0 Å². The Morgan fingerprint density at radius 3 is 2.38 bits per heavy atom. The van der Waals surface area contributed by atoms with Gasteiger partial charge in [0.15, 0.2) is 0 Å². The predicted octanol–water partition coefficient (Wildman–Crippen LogP) is 4.27. The molecule has 1 saturated carbocycles. The number of halogens is 2. The maximum atomic E-state index is 12.2. The highest BCUT2D eigenvalue weighted by Gasteiger charge is 2.32. The third-order valence-corrected chi connectivity index (χ3v) is 5.23. The van der Waals surface area contributed by atoms with Crippen molar-refractivity contribution < 1.29 is 9.90 Å². The Bertz CT molecular complexity index is 491. The molecule has 0 aliphatic heterocycles. The van der Waals surface area contributed by atoms with Crippen LogP contribution < -0.4 is 5.32 Å². The van der Waals surface area contributed by atoms with E-state index in [-0.39, 0.29) is 5.91 Å². The lowest BCUT2D eigenvalue weighted by atomic mass is 9.78. The number of hydrogen-bond acceptors (Lipinski definition) is 2. The van der Waals surface area contributed by atoms with Gasteiger partial charge in [-0.2, -0.15) is 0 Å². The van der Waals surface area contributed by atoms with E-state index in [1.165, 1.54) is 6.42 Å². The molecule has 1 aliphatic carbocycles. The van der Waals surface area contributed by atoms with E-state index in [4.69, 9.17) is 0 Å². The number of benzene rings is 1. The van der Waals surface area contributed by atoms with E-state index >= 15 is 0 Å². The first-order valence-corrected chi connectivity index (χ1v) is 8.97. The largest absolute Gasteiger partial charge is 0.388 e. The highest BCUT2D eigenvalue weighted by atomic mass is 79.9. The molecule has 2 rings (SSSR count). The molecule has 1 aromatic carbocycles. The third-order valence-electron chi connectivity index (χ3n) is 4.32. The van der Waals surface area contributed by atoms with Gasteiger partial charge in [0.25, 0.3) is 5.91 Å². The van der Waals surface area contributed by atoms with E-state index in [1.54, 1.807) is 12.1 Å². The highest BCUT2D eigenvalue weighted by molar-refractivity contribution is 9.11. The summed E-state index contributed by atoms with van der Waals surface area (Å²) in [6.45, 7) is 2.52. The quantitative estimate of drug-likeness (QED) is 0.766. The molecular weight excluding hydrogens is 398 g/mol. The third kappa shape index (κ3) is 4.80. The van der Waals surface area contributed by atoms with Crippen LogP contribution in [0, 0.1) is 5.92 Å². The summed E-state index contributed by atoms with van der Waals surface area (Å²) in [4.78, 5) is 12.2. The van der Waals surface area contributed by atoms with Crippen LogP contribution in [0.4, 0.5) is 0 Å². The van der Waals surface area contributed by atoms with Gasteiger partial charge in [-0.15, -0.1) is 0 Å². The number of aliphatic hydroxyl groups is 1. The molecular formula is C16H21Br2NO2. The molecule has 0 unspecified atom stereocenters. The molecule has 0 spiro atoms. The molecule has 2 N–H and O–H groups in total. The summed E-state index contributed by atoms with van der Waals surface area (Å²) < 4.78 is 1.70. The maximum absolute atomic E-state index is 12.2. The van der Waals surface area contributed by atoms with Gasteiger partial charge in [0, 0.05) is 21.1 Å². The van der Waals surface area contributed by atoms with E-state index < -0.39 is 5.60 Å². The lowest BCUT2D eigenvalue weighted by molar-refractivity contribution is -0.00786. The second-order valence-electron chi connectivity index (χ2n) is 5.92. The molecule has 1 fully saturated rings. The summed E-state index contributed by atoms with van der Waals surface area (Å²) in [5.41, 5.74) is -0.160. The summed E-state index contributed by atoms with van der Waals surface area (Å²) >= 11 is 6.75. The summed E-state index contributed by atoms with van der Waals surface area (Å²) in [7, 11) is 0. The number of carbonyl (C=O) groups is 1. The Balaban J connectivity index is 1.92. The minimum atomic E-state index is -0.745. The standard InChI is InChI=1S/C16H21Br2NO2/c1-2-11-3-5-16(21,6-4-11)10-19-15(20)12-7-13(17)9-14(18)8-12/h7-9,11,21H,2-6,10H2,1H3,(H,19,20). The van der Waals surface area contributed by atoms with Crippen LogP contribution in [-0.2, 0) is 0 Å². The number of carbonyl (C=O) groups excluding carboxylic acids is 1. The van der Waals surface area contributed by atoms with Crippen molar-refractivity contribution in [2.75, 3.05) is 6.54 Å². The first-order valence-electron chi connectivity index (χ1n) is 7.38. The minimum Gasteiger partial charge on any atom is -0.388 e. The molecule has 0 heterocycles. The van der Waals surface area contributed by atoms with Crippen LogP contribution in [0.1, 0.15) is 49.4 Å². The average Bonchev–Trinajstić information content (AvgIpc) is 2.45. The van der Waals surface area contributed by atoms with Gasteiger partial charge in [0.1, 0.15) is 0 Å². The van der Waals surface area contributed by atoms with Crippen LogP contribution in [0.15, 0.2) is 27.1 Å². The average molecular weight is 419 g/mol. The van der Waals surface area contributed by atoms with Crippen molar-refractivity contribution >= 4 is 37.8 Å². The maximum Gasteiger partial charge on any atom is 0.251 e. The Kier molecular flexibility index (Phi) is 5.86. The molecule has 0 atom stereocenters. The van der Waals surface area contributed by atoms with Crippen molar-refractivity contribution in [1.29, 1.82) is 0 Å². The highest BCUT2D eigenvalue weighted by Crippen LogP contribution is 2.33. The fourth-order valence-corrected chi connectivity index (χ4v) is 4.13. The SMILES string of the molecule is CCC1CCC(O)(CNC(=O)c2cc(Br)cc(Br)c2)CC1. The molecule has 1 amide bonds. The lowest BCUT2D eigenvalue weighted by Crippen LogP contribution is -2.45. The van der Waals surface area contributed by atoms with Gasteiger partial charge in [-0.3, -0.25) is 4.79 Å². The normalized spacial score (nSPS) is 25.6. The topological polar surface area (TPSA) is 49.3 Å². The second kappa shape index (κ2) is 7.25. The van der Waals surface area contributed by atoms with E-state index in [1.807, 2.05) is 6.07 Å². The van der Waals surface area contributed by atoms with Gasteiger partial charge in [-0.05, 0) is 49.8 Å². The number of nitrogens with one attached hydrogen (secondary N) is 1. The van der Waals surface area contributed by atoms with Crippen molar-refractivity contribution in [2.24, 2.45) is 5.92 Å². The van der Waals surface area contributed by atoms with E-state index in [2.05, 4.69) is 44.1 Å². The monoisotopic (exact) mass is 417 g/mol.